The molecule has 2 N–H and O–H groups in total. The van der Waals surface area contributed by atoms with Crippen LogP contribution in [0.3, 0.4) is 0 Å². The number of para-hydroxylation sites is 1. The van der Waals surface area contributed by atoms with Crippen LogP contribution in [-0.2, 0) is 4.79 Å². The molecule has 2 heterocycles. The Balaban J connectivity index is 0.00000144. The highest BCUT2D eigenvalue weighted by Gasteiger charge is 2.24. The summed E-state index contributed by atoms with van der Waals surface area (Å²) in [5.41, 5.74) is 1.07. The molecule has 2 aliphatic rings. The minimum absolute atomic E-state index is 0. The number of hydrogen-bond acceptors (Lipinski definition) is 3. The zero-order valence-corrected chi connectivity index (χ0v) is 16.1. The molecule has 4 nitrogen and oxygen atoms in total. The zero-order chi connectivity index (χ0) is 15.4. The first-order chi connectivity index (χ1) is 10.7. The molecule has 2 aliphatic heterocycles. The van der Waals surface area contributed by atoms with Crippen molar-refractivity contribution in [3.8, 4) is 0 Å². The predicted octanol–water partition coefficient (Wildman–Crippen LogP) is 3.41. The summed E-state index contributed by atoms with van der Waals surface area (Å²) in [6.45, 7) is 2.88. The van der Waals surface area contributed by atoms with E-state index in [0.29, 0.717) is 12.5 Å². The lowest BCUT2D eigenvalue weighted by atomic mass is 10.0. The summed E-state index contributed by atoms with van der Waals surface area (Å²) in [6.07, 6.45) is 5.02. The Kier molecular flexibility index (Phi) is 9.21. The van der Waals surface area contributed by atoms with E-state index in [4.69, 9.17) is 11.6 Å². The quantitative estimate of drug-likeness (QED) is 0.822. The van der Waals surface area contributed by atoms with E-state index in [1.54, 1.807) is 0 Å². The number of amides is 1. The fourth-order valence-corrected chi connectivity index (χ4v) is 3.72. The Morgan fingerprint density at radius 2 is 2.04 bits per heavy atom. The van der Waals surface area contributed by atoms with Crippen LogP contribution in [0.25, 0.3) is 0 Å². The van der Waals surface area contributed by atoms with E-state index in [9.17, 15) is 4.79 Å². The Morgan fingerprint density at radius 1 is 1.25 bits per heavy atom. The summed E-state index contributed by atoms with van der Waals surface area (Å²) in [5, 5.41) is 7.36. The van der Waals surface area contributed by atoms with E-state index in [1.807, 2.05) is 18.2 Å². The number of piperidine rings is 1. The number of carbonyl (C=O) groups excluding carboxylic acids is 1. The van der Waals surface area contributed by atoms with Crippen molar-refractivity contribution in [3.05, 3.63) is 29.3 Å². The number of nitrogens with zero attached hydrogens (tertiary/aromatic N) is 1. The van der Waals surface area contributed by atoms with Gasteiger partial charge in [-0.05, 0) is 44.4 Å². The summed E-state index contributed by atoms with van der Waals surface area (Å²) >= 11 is 6.29. The molecule has 2 unspecified atom stereocenters. The molecule has 7 heteroatoms. The van der Waals surface area contributed by atoms with Crippen LogP contribution < -0.4 is 15.5 Å². The first kappa shape index (κ1) is 21.4. The maximum absolute atomic E-state index is 12.2. The Morgan fingerprint density at radius 3 is 2.75 bits per heavy atom. The molecule has 136 valence electrons. The van der Waals surface area contributed by atoms with Crippen molar-refractivity contribution in [2.24, 2.45) is 0 Å². The molecule has 2 saturated heterocycles. The number of rotatable bonds is 4. The monoisotopic (exact) mass is 393 g/mol. The molecule has 1 aromatic carbocycles. The van der Waals surface area contributed by atoms with Gasteiger partial charge in [-0.3, -0.25) is 4.79 Å². The standard InChI is InChI=1S/C17H24ClN3O.2ClH/c18-15-7-1-2-8-16(15)21-10-4-6-14(12-21)20-17(22)11-13-5-3-9-19-13;;/h1-2,7-8,13-14,19H,3-6,9-12H2,(H,20,22);2*1H. The van der Waals surface area contributed by atoms with Gasteiger partial charge in [0.15, 0.2) is 0 Å². The van der Waals surface area contributed by atoms with Crippen LogP contribution in [0.2, 0.25) is 5.02 Å². The van der Waals surface area contributed by atoms with Crippen LogP contribution in [-0.4, -0.2) is 37.6 Å². The van der Waals surface area contributed by atoms with E-state index < -0.39 is 0 Å². The predicted molar refractivity (Wildman–Crippen MR) is 105 cm³/mol. The van der Waals surface area contributed by atoms with Gasteiger partial charge >= 0.3 is 0 Å². The van der Waals surface area contributed by atoms with Gasteiger partial charge in [0.05, 0.1) is 10.7 Å². The summed E-state index contributed by atoms with van der Waals surface area (Å²) in [5.74, 6) is 0.172. The Hall–Kier alpha value is -0.680. The number of benzene rings is 1. The molecule has 0 bridgehead atoms. The van der Waals surface area contributed by atoms with Crippen LogP contribution in [0.4, 0.5) is 5.69 Å². The zero-order valence-electron chi connectivity index (χ0n) is 13.7. The second-order valence-electron chi connectivity index (χ2n) is 6.30. The van der Waals surface area contributed by atoms with Crippen LogP contribution in [0.5, 0.6) is 0 Å². The van der Waals surface area contributed by atoms with Crippen LogP contribution in [0, 0.1) is 0 Å². The second kappa shape index (κ2) is 10.3. The summed E-state index contributed by atoms with van der Waals surface area (Å²) in [6, 6.07) is 8.51. The van der Waals surface area contributed by atoms with Gasteiger partial charge in [-0.25, -0.2) is 0 Å². The number of carbonyl (C=O) groups is 1. The van der Waals surface area contributed by atoms with Crippen molar-refractivity contribution < 1.29 is 4.79 Å². The highest BCUT2D eigenvalue weighted by atomic mass is 35.5. The fraction of sp³-hybridized carbons (Fsp3) is 0.588. The molecule has 1 amide bonds. The van der Waals surface area contributed by atoms with Crippen molar-refractivity contribution in [2.45, 2.75) is 44.2 Å². The first-order valence-electron chi connectivity index (χ1n) is 8.24. The molecule has 0 spiro atoms. The molecule has 2 fully saturated rings. The molecular weight excluding hydrogens is 369 g/mol. The van der Waals surface area contributed by atoms with Gasteiger partial charge in [0.25, 0.3) is 0 Å². The van der Waals surface area contributed by atoms with E-state index in [2.05, 4.69) is 21.6 Å². The molecule has 0 saturated carbocycles. The third kappa shape index (κ3) is 5.69. The van der Waals surface area contributed by atoms with Crippen molar-refractivity contribution in [1.29, 1.82) is 0 Å². The largest absolute Gasteiger partial charge is 0.368 e. The molecule has 2 atom stereocenters. The third-order valence-electron chi connectivity index (χ3n) is 4.57. The van der Waals surface area contributed by atoms with Gasteiger partial charge in [-0.1, -0.05) is 23.7 Å². The average Bonchev–Trinajstić information content (AvgIpc) is 3.00. The molecule has 0 aromatic heterocycles. The highest BCUT2D eigenvalue weighted by molar-refractivity contribution is 6.33. The lowest BCUT2D eigenvalue weighted by Gasteiger charge is -2.35. The topological polar surface area (TPSA) is 44.4 Å². The van der Waals surface area contributed by atoms with Crippen molar-refractivity contribution >= 4 is 48.0 Å². The summed E-state index contributed by atoms with van der Waals surface area (Å²) in [7, 11) is 0. The number of halogens is 3. The van der Waals surface area contributed by atoms with Gasteiger partial charge in [-0.2, -0.15) is 0 Å². The van der Waals surface area contributed by atoms with Gasteiger partial charge < -0.3 is 15.5 Å². The van der Waals surface area contributed by atoms with Crippen LogP contribution >= 0.6 is 36.4 Å². The van der Waals surface area contributed by atoms with Crippen molar-refractivity contribution in [2.75, 3.05) is 24.5 Å². The minimum atomic E-state index is 0. The summed E-state index contributed by atoms with van der Waals surface area (Å²) < 4.78 is 0. The highest BCUT2D eigenvalue weighted by Crippen LogP contribution is 2.27. The number of nitrogens with one attached hydrogen (secondary N) is 2. The number of anilines is 1. The van der Waals surface area contributed by atoms with Crippen LogP contribution in [0.15, 0.2) is 24.3 Å². The lowest BCUT2D eigenvalue weighted by molar-refractivity contribution is -0.122. The molecule has 0 aliphatic carbocycles. The normalized spacial score (nSPS) is 23.1. The average molecular weight is 395 g/mol. The maximum atomic E-state index is 12.2. The minimum Gasteiger partial charge on any atom is -0.368 e. The van der Waals surface area contributed by atoms with E-state index in [0.717, 1.165) is 49.6 Å². The fourth-order valence-electron chi connectivity index (χ4n) is 3.46. The Labute approximate surface area is 161 Å². The van der Waals surface area contributed by atoms with E-state index >= 15 is 0 Å². The molecule has 3 rings (SSSR count). The van der Waals surface area contributed by atoms with Crippen LogP contribution in [0.1, 0.15) is 32.1 Å². The van der Waals surface area contributed by atoms with Crippen molar-refractivity contribution in [1.82, 2.24) is 10.6 Å². The second-order valence-corrected chi connectivity index (χ2v) is 6.71. The molecule has 24 heavy (non-hydrogen) atoms. The van der Waals surface area contributed by atoms with Gasteiger partial charge in [0, 0.05) is 31.6 Å². The third-order valence-corrected chi connectivity index (χ3v) is 4.89. The maximum Gasteiger partial charge on any atom is 0.221 e. The molecule has 1 aromatic rings. The Bertz CT molecular complexity index is 524. The first-order valence-corrected chi connectivity index (χ1v) is 8.62. The van der Waals surface area contributed by atoms with Gasteiger partial charge in [0.2, 0.25) is 5.91 Å². The summed E-state index contributed by atoms with van der Waals surface area (Å²) in [4.78, 5) is 14.5. The van der Waals surface area contributed by atoms with Gasteiger partial charge in [0.1, 0.15) is 0 Å². The molecule has 0 radical (unpaired) electrons. The SMILES string of the molecule is Cl.Cl.O=C(CC1CCCN1)NC1CCCN(c2ccccc2Cl)C1. The van der Waals surface area contributed by atoms with Crippen molar-refractivity contribution in [3.63, 3.8) is 0 Å². The molecular formula is C17H26Cl3N3O. The number of hydrogen-bond donors (Lipinski definition) is 2. The van der Waals surface area contributed by atoms with E-state index in [1.165, 1.54) is 6.42 Å². The van der Waals surface area contributed by atoms with Gasteiger partial charge in [-0.15, -0.1) is 24.8 Å². The lowest BCUT2D eigenvalue weighted by Crippen LogP contribution is -2.48. The smallest absolute Gasteiger partial charge is 0.221 e. The van der Waals surface area contributed by atoms with E-state index in [-0.39, 0.29) is 36.8 Å².